The second-order valence-electron chi connectivity index (χ2n) is 5.80. The minimum absolute atomic E-state index is 0.195. The van der Waals surface area contributed by atoms with Crippen LogP contribution in [0.25, 0.3) is 0 Å². The van der Waals surface area contributed by atoms with Gasteiger partial charge in [0.2, 0.25) is 0 Å². The van der Waals surface area contributed by atoms with Gasteiger partial charge in [-0.05, 0) is 49.8 Å². The van der Waals surface area contributed by atoms with Gasteiger partial charge in [-0.15, -0.1) is 0 Å². The lowest BCUT2D eigenvalue weighted by molar-refractivity contribution is -0.137. The summed E-state index contributed by atoms with van der Waals surface area (Å²) in [6, 6.07) is 3.98. The molecule has 0 spiro atoms. The van der Waals surface area contributed by atoms with E-state index in [-0.39, 0.29) is 5.69 Å². The highest BCUT2D eigenvalue weighted by Gasteiger charge is 2.31. The van der Waals surface area contributed by atoms with Crippen LogP contribution in [0, 0.1) is 5.92 Å². The van der Waals surface area contributed by atoms with Crippen LogP contribution in [0.1, 0.15) is 38.2 Å². The Morgan fingerprint density at radius 3 is 2.25 bits per heavy atom. The highest BCUT2D eigenvalue weighted by atomic mass is 19.4. The number of halogens is 3. The van der Waals surface area contributed by atoms with Gasteiger partial charge in [0, 0.05) is 13.1 Å². The SMILES string of the molecule is CC1CCC(N(C)c2ccc(C(F)(F)F)cc2N)CC1. The van der Waals surface area contributed by atoms with Crippen molar-refractivity contribution in [3.63, 3.8) is 0 Å². The summed E-state index contributed by atoms with van der Waals surface area (Å²) in [4.78, 5) is 2.03. The Hall–Kier alpha value is -1.39. The zero-order valence-electron chi connectivity index (χ0n) is 11.9. The standard InChI is InChI=1S/C15H21F3N2/c1-10-3-6-12(7-4-10)20(2)14-8-5-11(9-13(14)19)15(16,17)18/h5,8-10,12H,3-4,6-7,19H2,1-2H3. The molecule has 0 saturated heterocycles. The molecule has 0 bridgehead atoms. The highest BCUT2D eigenvalue weighted by molar-refractivity contribution is 5.68. The van der Waals surface area contributed by atoms with Crippen molar-refractivity contribution < 1.29 is 13.2 Å². The summed E-state index contributed by atoms with van der Waals surface area (Å²) in [7, 11) is 1.92. The molecule has 1 aromatic rings. The van der Waals surface area contributed by atoms with Crippen LogP contribution >= 0.6 is 0 Å². The maximum absolute atomic E-state index is 12.6. The molecular formula is C15H21F3N2. The van der Waals surface area contributed by atoms with Gasteiger partial charge in [0.15, 0.2) is 0 Å². The molecule has 1 fully saturated rings. The number of hydrogen-bond donors (Lipinski definition) is 1. The van der Waals surface area contributed by atoms with Crippen LogP contribution in [0.4, 0.5) is 24.5 Å². The van der Waals surface area contributed by atoms with Crippen molar-refractivity contribution in [2.45, 2.75) is 44.8 Å². The van der Waals surface area contributed by atoms with Crippen molar-refractivity contribution in [3.05, 3.63) is 23.8 Å². The highest BCUT2D eigenvalue weighted by Crippen LogP contribution is 2.36. The Morgan fingerprint density at radius 1 is 1.15 bits per heavy atom. The van der Waals surface area contributed by atoms with E-state index in [9.17, 15) is 13.2 Å². The van der Waals surface area contributed by atoms with E-state index in [0.717, 1.165) is 43.7 Å². The Labute approximate surface area is 117 Å². The summed E-state index contributed by atoms with van der Waals surface area (Å²) in [5, 5.41) is 0. The summed E-state index contributed by atoms with van der Waals surface area (Å²) in [5.41, 5.74) is 6.01. The van der Waals surface area contributed by atoms with E-state index in [4.69, 9.17) is 5.73 Å². The molecule has 112 valence electrons. The summed E-state index contributed by atoms with van der Waals surface area (Å²) < 4.78 is 37.9. The number of alkyl halides is 3. The maximum atomic E-state index is 12.6. The average Bonchev–Trinajstić information content (AvgIpc) is 2.37. The van der Waals surface area contributed by atoms with Gasteiger partial charge in [0.1, 0.15) is 0 Å². The van der Waals surface area contributed by atoms with E-state index >= 15 is 0 Å². The Kier molecular flexibility index (Phi) is 4.16. The van der Waals surface area contributed by atoms with Crippen LogP contribution in [0.2, 0.25) is 0 Å². The van der Waals surface area contributed by atoms with E-state index in [2.05, 4.69) is 6.92 Å². The lowest BCUT2D eigenvalue weighted by Crippen LogP contribution is -2.35. The molecule has 1 aliphatic rings. The quantitative estimate of drug-likeness (QED) is 0.821. The minimum atomic E-state index is -4.34. The number of hydrogen-bond acceptors (Lipinski definition) is 2. The number of nitrogens with two attached hydrogens (primary N) is 1. The number of nitrogen functional groups attached to an aromatic ring is 1. The molecular weight excluding hydrogens is 265 g/mol. The van der Waals surface area contributed by atoms with Crippen molar-refractivity contribution in [2.24, 2.45) is 5.92 Å². The van der Waals surface area contributed by atoms with Gasteiger partial charge in [-0.25, -0.2) is 0 Å². The largest absolute Gasteiger partial charge is 0.416 e. The molecule has 1 aromatic carbocycles. The van der Waals surface area contributed by atoms with Gasteiger partial charge >= 0.3 is 6.18 Å². The second-order valence-corrected chi connectivity index (χ2v) is 5.80. The monoisotopic (exact) mass is 286 g/mol. The lowest BCUT2D eigenvalue weighted by atomic mass is 9.86. The molecule has 2 nitrogen and oxygen atoms in total. The summed E-state index contributed by atoms with van der Waals surface area (Å²) in [5.74, 6) is 0.740. The molecule has 2 rings (SSSR count). The summed E-state index contributed by atoms with van der Waals surface area (Å²) in [6.45, 7) is 2.24. The van der Waals surface area contributed by atoms with E-state index in [1.807, 2.05) is 11.9 Å². The predicted molar refractivity (Wildman–Crippen MR) is 75.7 cm³/mol. The van der Waals surface area contributed by atoms with Gasteiger partial charge < -0.3 is 10.6 Å². The average molecular weight is 286 g/mol. The molecule has 20 heavy (non-hydrogen) atoms. The van der Waals surface area contributed by atoms with Crippen LogP contribution in [0.3, 0.4) is 0 Å². The molecule has 5 heteroatoms. The first-order valence-electron chi connectivity index (χ1n) is 6.98. The molecule has 0 radical (unpaired) electrons. The second kappa shape index (κ2) is 5.54. The Bertz CT molecular complexity index is 463. The van der Waals surface area contributed by atoms with Gasteiger partial charge in [-0.2, -0.15) is 13.2 Å². The van der Waals surface area contributed by atoms with Crippen LogP contribution in [0.5, 0.6) is 0 Å². The van der Waals surface area contributed by atoms with Crippen LogP contribution in [-0.2, 0) is 6.18 Å². The first kappa shape index (κ1) is 15.0. The third kappa shape index (κ3) is 3.19. The fourth-order valence-electron chi connectivity index (χ4n) is 2.88. The maximum Gasteiger partial charge on any atom is 0.416 e. The molecule has 0 heterocycles. The predicted octanol–water partition coefficient (Wildman–Crippen LogP) is 4.30. The number of benzene rings is 1. The Balaban J connectivity index is 2.16. The molecule has 2 N–H and O–H groups in total. The van der Waals surface area contributed by atoms with Crippen molar-refractivity contribution in [1.29, 1.82) is 0 Å². The normalized spacial score (nSPS) is 23.6. The zero-order valence-corrected chi connectivity index (χ0v) is 11.9. The van der Waals surface area contributed by atoms with E-state index < -0.39 is 11.7 Å². The fraction of sp³-hybridized carbons (Fsp3) is 0.600. The van der Waals surface area contributed by atoms with E-state index in [0.29, 0.717) is 11.7 Å². The number of nitrogens with zero attached hydrogens (tertiary/aromatic N) is 1. The van der Waals surface area contributed by atoms with E-state index in [1.54, 1.807) is 0 Å². The smallest absolute Gasteiger partial charge is 0.397 e. The topological polar surface area (TPSA) is 29.3 Å². The number of anilines is 2. The molecule has 0 aliphatic heterocycles. The first-order valence-corrected chi connectivity index (χ1v) is 6.98. The van der Waals surface area contributed by atoms with Crippen LogP contribution in [0.15, 0.2) is 18.2 Å². The van der Waals surface area contributed by atoms with Gasteiger partial charge in [-0.1, -0.05) is 6.92 Å². The number of rotatable bonds is 2. The first-order chi connectivity index (χ1) is 9.29. The molecule has 0 amide bonds. The third-order valence-electron chi connectivity index (χ3n) is 4.27. The summed E-state index contributed by atoms with van der Waals surface area (Å²) in [6.07, 6.45) is 0.118. The van der Waals surface area contributed by atoms with Crippen molar-refractivity contribution in [1.82, 2.24) is 0 Å². The van der Waals surface area contributed by atoms with Crippen LogP contribution < -0.4 is 10.6 Å². The fourth-order valence-corrected chi connectivity index (χ4v) is 2.88. The van der Waals surface area contributed by atoms with Crippen molar-refractivity contribution in [3.8, 4) is 0 Å². The lowest BCUT2D eigenvalue weighted by Gasteiger charge is -2.35. The molecule has 0 unspecified atom stereocenters. The third-order valence-corrected chi connectivity index (χ3v) is 4.27. The summed E-state index contributed by atoms with van der Waals surface area (Å²) >= 11 is 0. The van der Waals surface area contributed by atoms with Crippen LogP contribution in [-0.4, -0.2) is 13.1 Å². The van der Waals surface area contributed by atoms with Crippen molar-refractivity contribution in [2.75, 3.05) is 17.7 Å². The van der Waals surface area contributed by atoms with Crippen molar-refractivity contribution >= 4 is 11.4 Å². The molecule has 1 aliphatic carbocycles. The van der Waals surface area contributed by atoms with Gasteiger partial charge in [0.25, 0.3) is 0 Å². The Morgan fingerprint density at radius 2 is 1.75 bits per heavy atom. The van der Waals surface area contributed by atoms with E-state index in [1.165, 1.54) is 6.07 Å². The molecule has 1 saturated carbocycles. The van der Waals surface area contributed by atoms with Gasteiger partial charge in [-0.3, -0.25) is 0 Å². The molecule has 0 aromatic heterocycles. The van der Waals surface area contributed by atoms with Gasteiger partial charge in [0.05, 0.1) is 16.9 Å². The minimum Gasteiger partial charge on any atom is -0.397 e. The zero-order chi connectivity index (χ0) is 14.9. The molecule has 0 atom stereocenters.